The van der Waals surface area contributed by atoms with Gasteiger partial charge < -0.3 is 39.2 Å². The standard InChI is InChI=1S/C29H39N3O6/c1-35-15-2-12-31-14-16-36-27-8-3-21(17-26(27)31)20-37-28-19-32(29(33)34)13-10-25(28)22-4-6-23(7-5-22)38-24-9-11-30-18-24/h3-8,17,24-25,28,30H,2,9-16,18-20H2,1H3,(H,33,34). The van der Waals surface area contributed by atoms with Gasteiger partial charge in [0.15, 0.2) is 0 Å². The summed E-state index contributed by atoms with van der Waals surface area (Å²) in [5.41, 5.74) is 3.28. The summed E-state index contributed by atoms with van der Waals surface area (Å²) in [5.74, 6) is 1.87. The fourth-order valence-corrected chi connectivity index (χ4v) is 5.60. The van der Waals surface area contributed by atoms with Crippen LogP contribution in [0.3, 0.4) is 0 Å². The van der Waals surface area contributed by atoms with Gasteiger partial charge in [0.05, 0.1) is 31.5 Å². The van der Waals surface area contributed by atoms with Crippen LogP contribution >= 0.6 is 0 Å². The molecule has 3 aliphatic heterocycles. The second kappa shape index (κ2) is 12.7. The Balaban J connectivity index is 1.26. The first-order chi connectivity index (χ1) is 18.6. The van der Waals surface area contributed by atoms with E-state index in [4.69, 9.17) is 18.9 Å². The van der Waals surface area contributed by atoms with Crippen LogP contribution in [0.2, 0.25) is 0 Å². The molecule has 0 spiro atoms. The lowest BCUT2D eigenvalue weighted by Crippen LogP contribution is -2.46. The average Bonchev–Trinajstić information content (AvgIpc) is 3.45. The number of rotatable bonds is 10. The minimum Gasteiger partial charge on any atom is -0.490 e. The van der Waals surface area contributed by atoms with Crippen LogP contribution in [0.15, 0.2) is 42.5 Å². The highest BCUT2D eigenvalue weighted by molar-refractivity contribution is 5.65. The summed E-state index contributed by atoms with van der Waals surface area (Å²) >= 11 is 0. The van der Waals surface area contributed by atoms with Crippen molar-refractivity contribution < 1.29 is 28.8 Å². The minimum absolute atomic E-state index is 0.110. The van der Waals surface area contributed by atoms with Crippen molar-refractivity contribution in [1.29, 1.82) is 0 Å². The van der Waals surface area contributed by atoms with Crippen molar-refractivity contribution >= 4 is 11.8 Å². The number of hydrogen-bond donors (Lipinski definition) is 2. The zero-order valence-corrected chi connectivity index (χ0v) is 22.1. The van der Waals surface area contributed by atoms with Gasteiger partial charge in [-0.1, -0.05) is 18.2 Å². The third-order valence-corrected chi connectivity index (χ3v) is 7.68. The van der Waals surface area contributed by atoms with E-state index in [1.807, 2.05) is 24.3 Å². The Hall–Kier alpha value is -3.01. The van der Waals surface area contributed by atoms with Crippen LogP contribution in [0.1, 0.15) is 36.3 Å². The van der Waals surface area contributed by atoms with E-state index in [0.29, 0.717) is 26.3 Å². The molecule has 0 radical (unpaired) electrons. The Morgan fingerprint density at radius 2 is 2.03 bits per heavy atom. The third-order valence-electron chi connectivity index (χ3n) is 7.68. The molecule has 9 nitrogen and oxygen atoms in total. The molecule has 3 atom stereocenters. The Labute approximate surface area is 224 Å². The average molecular weight is 526 g/mol. The summed E-state index contributed by atoms with van der Waals surface area (Å²) < 4.78 is 23.6. The zero-order chi connectivity index (χ0) is 26.3. The van der Waals surface area contributed by atoms with Gasteiger partial charge in [-0.15, -0.1) is 0 Å². The van der Waals surface area contributed by atoms with Crippen LogP contribution < -0.4 is 19.7 Å². The maximum Gasteiger partial charge on any atom is 0.407 e. The summed E-state index contributed by atoms with van der Waals surface area (Å²) in [5, 5.41) is 13.0. The van der Waals surface area contributed by atoms with Gasteiger partial charge in [-0.3, -0.25) is 0 Å². The van der Waals surface area contributed by atoms with Gasteiger partial charge in [0.25, 0.3) is 0 Å². The first-order valence-electron chi connectivity index (χ1n) is 13.7. The van der Waals surface area contributed by atoms with Crippen LogP contribution in [0.5, 0.6) is 11.5 Å². The summed E-state index contributed by atoms with van der Waals surface area (Å²) in [6, 6.07) is 14.4. The third kappa shape index (κ3) is 6.51. The molecule has 0 bridgehead atoms. The van der Waals surface area contributed by atoms with E-state index in [-0.39, 0.29) is 18.1 Å². The number of carbonyl (C=O) groups is 1. The molecule has 3 aliphatic rings. The SMILES string of the molecule is COCCCN1CCOc2ccc(COC3CN(C(=O)O)CCC3c3ccc(OC4CCNC4)cc3)cc21. The van der Waals surface area contributed by atoms with Crippen molar-refractivity contribution in [3.05, 3.63) is 53.6 Å². The van der Waals surface area contributed by atoms with Gasteiger partial charge in [-0.25, -0.2) is 4.79 Å². The summed E-state index contributed by atoms with van der Waals surface area (Å²) in [6.07, 6.45) is 1.76. The van der Waals surface area contributed by atoms with Crippen molar-refractivity contribution in [2.75, 3.05) is 64.5 Å². The molecule has 3 heterocycles. The van der Waals surface area contributed by atoms with E-state index in [2.05, 4.69) is 28.4 Å². The topological polar surface area (TPSA) is 92.7 Å². The molecule has 2 aromatic carbocycles. The lowest BCUT2D eigenvalue weighted by molar-refractivity contribution is -0.0199. The number of fused-ring (bicyclic) bond motifs is 1. The maximum absolute atomic E-state index is 11.8. The van der Waals surface area contributed by atoms with E-state index in [1.54, 1.807) is 7.11 Å². The van der Waals surface area contributed by atoms with Crippen molar-refractivity contribution in [3.63, 3.8) is 0 Å². The summed E-state index contributed by atoms with van der Waals surface area (Å²) in [4.78, 5) is 15.5. The van der Waals surface area contributed by atoms with E-state index in [9.17, 15) is 9.90 Å². The van der Waals surface area contributed by atoms with Gasteiger partial charge in [0.1, 0.15) is 24.2 Å². The van der Waals surface area contributed by atoms with Gasteiger partial charge in [0, 0.05) is 39.3 Å². The van der Waals surface area contributed by atoms with Crippen LogP contribution in [0.4, 0.5) is 10.5 Å². The number of amides is 1. The van der Waals surface area contributed by atoms with Crippen LogP contribution in [0, 0.1) is 0 Å². The number of methoxy groups -OCH3 is 1. The monoisotopic (exact) mass is 525 g/mol. The zero-order valence-electron chi connectivity index (χ0n) is 22.1. The smallest absolute Gasteiger partial charge is 0.407 e. The molecule has 0 aromatic heterocycles. The van der Waals surface area contributed by atoms with Gasteiger partial charge in [-0.2, -0.15) is 0 Å². The molecule has 2 saturated heterocycles. The van der Waals surface area contributed by atoms with Crippen LogP contribution in [-0.4, -0.2) is 87.9 Å². The van der Waals surface area contributed by atoms with Crippen LogP contribution in [0.25, 0.3) is 0 Å². The highest BCUT2D eigenvalue weighted by atomic mass is 16.5. The van der Waals surface area contributed by atoms with E-state index >= 15 is 0 Å². The van der Waals surface area contributed by atoms with Crippen molar-refractivity contribution in [3.8, 4) is 11.5 Å². The van der Waals surface area contributed by atoms with E-state index in [0.717, 1.165) is 80.4 Å². The number of nitrogens with one attached hydrogen (secondary N) is 1. The maximum atomic E-state index is 11.8. The molecule has 2 aromatic rings. The molecule has 1 amide bonds. The fraction of sp³-hybridized carbons (Fsp3) is 0.552. The molecule has 5 rings (SSSR count). The number of piperidine rings is 1. The minimum atomic E-state index is -0.899. The first-order valence-corrected chi connectivity index (χ1v) is 13.7. The Morgan fingerprint density at radius 3 is 2.79 bits per heavy atom. The molecule has 2 N–H and O–H groups in total. The molecule has 0 saturated carbocycles. The lowest BCUT2D eigenvalue weighted by Gasteiger charge is -2.37. The molecule has 38 heavy (non-hydrogen) atoms. The fourth-order valence-electron chi connectivity index (χ4n) is 5.60. The summed E-state index contributed by atoms with van der Waals surface area (Å²) in [7, 11) is 1.73. The highest BCUT2D eigenvalue weighted by Crippen LogP contribution is 2.35. The van der Waals surface area contributed by atoms with Gasteiger partial charge >= 0.3 is 6.09 Å². The van der Waals surface area contributed by atoms with Crippen molar-refractivity contribution in [1.82, 2.24) is 10.2 Å². The number of likely N-dealkylation sites (tertiary alicyclic amines) is 1. The molecular weight excluding hydrogens is 486 g/mol. The second-order valence-corrected chi connectivity index (χ2v) is 10.3. The first kappa shape index (κ1) is 26.6. The number of benzene rings is 2. The number of hydrogen-bond acceptors (Lipinski definition) is 7. The lowest BCUT2D eigenvalue weighted by atomic mass is 9.87. The quantitative estimate of drug-likeness (QED) is 0.454. The highest BCUT2D eigenvalue weighted by Gasteiger charge is 2.33. The number of carboxylic acid groups (broad SMARTS) is 1. The molecular formula is C29H39N3O6. The van der Waals surface area contributed by atoms with Gasteiger partial charge in [-0.05, 0) is 61.2 Å². The molecule has 9 heteroatoms. The number of ether oxygens (including phenoxy) is 4. The largest absolute Gasteiger partial charge is 0.490 e. The molecule has 2 fully saturated rings. The predicted molar refractivity (Wildman–Crippen MR) is 145 cm³/mol. The van der Waals surface area contributed by atoms with Crippen LogP contribution in [-0.2, 0) is 16.1 Å². The number of anilines is 1. The van der Waals surface area contributed by atoms with Crippen molar-refractivity contribution in [2.45, 2.75) is 44.0 Å². The Kier molecular flexibility index (Phi) is 8.88. The normalized spacial score (nSPS) is 23.1. The Morgan fingerprint density at radius 1 is 1.16 bits per heavy atom. The predicted octanol–water partition coefficient (Wildman–Crippen LogP) is 3.72. The second-order valence-electron chi connectivity index (χ2n) is 10.3. The van der Waals surface area contributed by atoms with E-state index in [1.165, 1.54) is 4.90 Å². The van der Waals surface area contributed by atoms with Gasteiger partial charge in [0.2, 0.25) is 0 Å². The van der Waals surface area contributed by atoms with E-state index < -0.39 is 6.09 Å². The van der Waals surface area contributed by atoms with Crippen molar-refractivity contribution in [2.24, 2.45) is 0 Å². The molecule has 3 unspecified atom stereocenters. The number of nitrogens with zero attached hydrogens (tertiary/aromatic N) is 2. The molecule has 0 aliphatic carbocycles. The molecule has 206 valence electrons. The summed E-state index contributed by atoms with van der Waals surface area (Å²) in [6.45, 7) is 6.28. The Bertz CT molecular complexity index is 1060.